The van der Waals surface area contributed by atoms with Crippen LogP contribution in [0.25, 0.3) is 0 Å². The van der Waals surface area contributed by atoms with Gasteiger partial charge in [0, 0.05) is 12.6 Å². The van der Waals surface area contributed by atoms with Crippen molar-refractivity contribution >= 4 is 16.5 Å². The Bertz CT molecular complexity index is 399. The molecule has 1 unspecified atom stereocenters. The molecule has 0 amide bonds. The number of likely N-dealkylation sites (tertiary alicyclic amines) is 1. The van der Waals surface area contributed by atoms with E-state index in [0.717, 1.165) is 25.8 Å². The molecule has 1 aliphatic rings. The molecule has 0 aromatic carbocycles. The van der Waals surface area contributed by atoms with E-state index in [9.17, 15) is 13.2 Å². The summed E-state index contributed by atoms with van der Waals surface area (Å²) in [7, 11) is 0. The fourth-order valence-corrected chi connectivity index (χ4v) is 3.05. The summed E-state index contributed by atoms with van der Waals surface area (Å²) in [6.07, 6.45) is 0.290. The van der Waals surface area contributed by atoms with Crippen LogP contribution in [0.15, 0.2) is 6.20 Å². The summed E-state index contributed by atoms with van der Waals surface area (Å²) < 4.78 is 37.3. The van der Waals surface area contributed by atoms with Crippen LogP contribution in [0.3, 0.4) is 0 Å². The maximum Gasteiger partial charge on any atom is 0.427 e. The van der Waals surface area contributed by atoms with Crippen LogP contribution in [0, 0.1) is 0 Å². The predicted molar refractivity (Wildman–Crippen MR) is 70.5 cm³/mol. The van der Waals surface area contributed by atoms with Crippen LogP contribution in [-0.4, -0.2) is 35.6 Å². The van der Waals surface area contributed by atoms with E-state index in [2.05, 4.69) is 15.2 Å². The summed E-state index contributed by atoms with van der Waals surface area (Å²) in [6, 6.07) is 0.102. The second-order valence-electron chi connectivity index (χ2n) is 4.93. The Hall–Kier alpha value is -0.820. The molecule has 7 heteroatoms. The molecule has 0 radical (unpaired) electrons. The Morgan fingerprint density at radius 1 is 1.37 bits per heavy atom. The van der Waals surface area contributed by atoms with Gasteiger partial charge < -0.3 is 10.2 Å². The van der Waals surface area contributed by atoms with E-state index < -0.39 is 11.1 Å². The highest BCUT2D eigenvalue weighted by atomic mass is 32.1. The first-order valence-corrected chi connectivity index (χ1v) is 7.29. The number of nitrogens with one attached hydrogen (secondary N) is 1. The molecule has 1 aromatic heterocycles. The maximum atomic E-state index is 12.4. The molecule has 0 aliphatic carbocycles. The van der Waals surface area contributed by atoms with E-state index in [-0.39, 0.29) is 6.04 Å². The van der Waals surface area contributed by atoms with Crippen molar-refractivity contribution in [2.24, 2.45) is 0 Å². The van der Waals surface area contributed by atoms with Gasteiger partial charge in [0.15, 0.2) is 5.13 Å². The zero-order valence-electron chi connectivity index (χ0n) is 10.8. The van der Waals surface area contributed by atoms with E-state index in [0.29, 0.717) is 16.5 Å². The molecular formula is C12H18F3N3S. The molecule has 1 N–H and O–H groups in total. The standard InChI is InChI=1S/C12H18F3N3S/c1-9(8-18-5-3-2-4-6-18)17-11-16-7-10(19-11)12(13,14)15/h7,9H,2-6,8H2,1H3,(H,16,17). The molecule has 0 saturated carbocycles. The van der Waals surface area contributed by atoms with Crippen LogP contribution >= 0.6 is 11.3 Å². The molecule has 0 spiro atoms. The molecular weight excluding hydrogens is 275 g/mol. The summed E-state index contributed by atoms with van der Waals surface area (Å²) in [6.45, 7) is 4.99. The molecule has 3 nitrogen and oxygen atoms in total. The Morgan fingerprint density at radius 2 is 2.05 bits per heavy atom. The lowest BCUT2D eigenvalue weighted by Crippen LogP contribution is -2.38. The molecule has 1 fully saturated rings. The molecule has 1 aromatic rings. The molecule has 1 aliphatic heterocycles. The van der Waals surface area contributed by atoms with Gasteiger partial charge in [-0.25, -0.2) is 4.98 Å². The number of aromatic nitrogens is 1. The SMILES string of the molecule is CC(CN1CCCCC1)Nc1ncc(C(F)(F)F)s1. The summed E-state index contributed by atoms with van der Waals surface area (Å²) in [5, 5.41) is 3.39. The zero-order valence-corrected chi connectivity index (χ0v) is 11.7. The maximum absolute atomic E-state index is 12.4. The van der Waals surface area contributed by atoms with Gasteiger partial charge in [0.05, 0.1) is 6.20 Å². The number of alkyl halides is 3. The first-order valence-electron chi connectivity index (χ1n) is 6.47. The van der Waals surface area contributed by atoms with Crippen molar-refractivity contribution in [1.82, 2.24) is 9.88 Å². The van der Waals surface area contributed by atoms with Crippen molar-refractivity contribution < 1.29 is 13.2 Å². The second-order valence-corrected chi connectivity index (χ2v) is 5.96. The van der Waals surface area contributed by atoms with Gasteiger partial charge in [-0.1, -0.05) is 17.8 Å². The van der Waals surface area contributed by atoms with E-state index >= 15 is 0 Å². The first kappa shape index (κ1) is 14.6. The largest absolute Gasteiger partial charge is 0.427 e. The van der Waals surface area contributed by atoms with Crippen molar-refractivity contribution in [2.45, 2.75) is 38.4 Å². The number of piperidine rings is 1. The highest BCUT2D eigenvalue weighted by Crippen LogP contribution is 2.35. The van der Waals surface area contributed by atoms with Crippen LogP contribution < -0.4 is 5.32 Å². The highest BCUT2D eigenvalue weighted by Gasteiger charge is 2.33. The minimum absolute atomic E-state index is 0.102. The smallest absolute Gasteiger partial charge is 0.358 e. The number of rotatable bonds is 4. The van der Waals surface area contributed by atoms with Crippen LogP contribution in [0.5, 0.6) is 0 Å². The Labute approximate surface area is 114 Å². The quantitative estimate of drug-likeness (QED) is 0.921. The Morgan fingerprint density at radius 3 is 2.63 bits per heavy atom. The third-order valence-electron chi connectivity index (χ3n) is 3.14. The van der Waals surface area contributed by atoms with E-state index in [1.54, 1.807) is 0 Å². The van der Waals surface area contributed by atoms with Gasteiger partial charge in [0.1, 0.15) is 4.88 Å². The van der Waals surface area contributed by atoms with Gasteiger partial charge in [-0.05, 0) is 32.9 Å². The molecule has 19 heavy (non-hydrogen) atoms. The normalized spacial score (nSPS) is 19.4. The lowest BCUT2D eigenvalue weighted by molar-refractivity contribution is -0.134. The van der Waals surface area contributed by atoms with Crippen LogP contribution in [0.4, 0.5) is 18.3 Å². The van der Waals surface area contributed by atoms with E-state index in [4.69, 9.17) is 0 Å². The fourth-order valence-electron chi connectivity index (χ4n) is 2.26. The molecule has 2 rings (SSSR count). The Kier molecular flexibility index (Phi) is 4.67. The summed E-state index contributed by atoms with van der Waals surface area (Å²) in [5.74, 6) is 0. The number of halogens is 3. The summed E-state index contributed by atoms with van der Waals surface area (Å²) in [4.78, 5) is 5.48. The third kappa shape index (κ3) is 4.35. The number of anilines is 1. The van der Waals surface area contributed by atoms with Crippen molar-refractivity contribution in [2.75, 3.05) is 25.0 Å². The van der Waals surface area contributed by atoms with E-state index in [1.165, 1.54) is 19.3 Å². The van der Waals surface area contributed by atoms with Crippen LogP contribution in [0.2, 0.25) is 0 Å². The molecule has 2 heterocycles. The van der Waals surface area contributed by atoms with Crippen molar-refractivity contribution in [1.29, 1.82) is 0 Å². The minimum Gasteiger partial charge on any atom is -0.358 e. The predicted octanol–water partition coefficient (Wildman–Crippen LogP) is 3.45. The summed E-state index contributed by atoms with van der Waals surface area (Å²) >= 11 is 0.664. The highest BCUT2D eigenvalue weighted by molar-refractivity contribution is 7.15. The van der Waals surface area contributed by atoms with Gasteiger partial charge in [0.2, 0.25) is 0 Å². The number of thiazole rings is 1. The monoisotopic (exact) mass is 293 g/mol. The van der Waals surface area contributed by atoms with Crippen molar-refractivity contribution in [3.8, 4) is 0 Å². The van der Waals surface area contributed by atoms with Gasteiger partial charge in [-0.3, -0.25) is 0 Å². The first-order chi connectivity index (χ1) is 8.95. The molecule has 1 atom stereocenters. The number of hydrogen-bond acceptors (Lipinski definition) is 4. The third-order valence-corrected chi connectivity index (χ3v) is 4.11. The average Bonchev–Trinajstić information content (AvgIpc) is 2.78. The molecule has 108 valence electrons. The average molecular weight is 293 g/mol. The van der Waals surface area contributed by atoms with Gasteiger partial charge in [0.25, 0.3) is 0 Å². The van der Waals surface area contributed by atoms with E-state index in [1.807, 2.05) is 6.92 Å². The second kappa shape index (κ2) is 6.09. The minimum atomic E-state index is -4.30. The van der Waals surface area contributed by atoms with Crippen molar-refractivity contribution in [3.63, 3.8) is 0 Å². The molecule has 0 bridgehead atoms. The summed E-state index contributed by atoms with van der Waals surface area (Å²) in [5.41, 5.74) is 0. The Balaban J connectivity index is 1.84. The van der Waals surface area contributed by atoms with Gasteiger partial charge >= 0.3 is 6.18 Å². The topological polar surface area (TPSA) is 28.2 Å². The molecule has 1 saturated heterocycles. The van der Waals surface area contributed by atoms with Crippen molar-refractivity contribution in [3.05, 3.63) is 11.1 Å². The number of hydrogen-bond donors (Lipinski definition) is 1. The van der Waals surface area contributed by atoms with Crippen LogP contribution in [0.1, 0.15) is 31.1 Å². The zero-order chi connectivity index (χ0) is 13.9. The lowest BCUT2D eigenvalue weighted by Gasteiger charge is -2.29. The number of nitrogens with zero attached hydrogens (tertiary/aromatic N) is 2. The van der Waals surface area contributed by atoms with Crippen LogP contribution in [-0.2, 0) is 6.18 Å². The fraction of sp³-hybridized carbons (Fsp3) is 0.750. The van der Waals surface area contributed by atoms with Gasteiger partial charge in [-0.15, -0.1) is 0 Å². The lowest BCUT2D eigenvalue weighted by atomic mass is 10.1. The van der Waals surface area contributed by atoms with Gasteiger partial charge in [-0.2, -0.15) is 13.2 Å².